The summed E-state index contributed by atoms with van der Waals surface area (Å²) in [6.45, 7) is 12.7. The van der Waals surface area contributed by atoms with Crippen LogP contribution in [0.2, 0.25) is 0 Å². The van der Waals surface area contributed by atoms with E-state index in [2.05, 4.69) is 52.1 Å². The second-order valence-corrected chi connectivity index (χ2v) is 3.77. The van der Waals surface area contributed by atoms with Crippen molar-refractivity contribution in [2.75, 3.05) is 0 Å². The maximum atomic E-state index is 3.00. The highest BCUT2D eigenvalue weighted by atomic mass is 14.1. The molecule has 1 aromatic rings. The minimum Gasteiger partial charge on any atom is -0.106 e. The van der Waals surface area contributed by atoms with Gasteiger partial charge >= 0.3 is 0 Å². The van der Waals surface area contributed by atoms with Gasteiger partial charge in [-0.2, -0.15) is 0 Å². The summed E-state index contributed by atoms with van der Waals surface area (Å²) >= 11 is 0. The van der Waals surface area contributed by atoms with Crippen LogP contribution >= 0.6 is 0 Å². The van der Waals surface area contributed by atoms with Gasteiger partial charge in [0.05, 0.1) is 0 Å². The minimum atomic E-state index is 1.23. The average Bonchev–Trinajstić information content (AvgIpc) is 2.26. The molecular weight excluding hydrogens is 180 g/mol. The molecule has 1 rings (SSSR count). The van der Waals surface area contributed by atoms with Crippen LogP contribution in [0.3, 0.4) is 0 Å². The Morgan fingerprint density at radius 3 is 2.00 bits per heavy atom. The Balaban J connectivity index is 0.000000921. The first kappa shape index (κ1) is 14.0. The molecule has 0 fully saturated rings. The third-order valence-electron chi connectivity index (χ3n) is 2.40. The monoisotopic (exact) mass is 204 g/mol. The third kappa shape index (κ3) is 4.83. The summed E-state index contributed by atoms with van der Waals surface area (Å²) in [5.74, 6) is 0. The van der Waals surface area contributed by atoms with Crippen LogP contribution in [0.25, 0.3) is 0 Å². The van der Waals surface area contributed by atoms with Gasteiger partial charge in [-0.15, -0.1) is 13.2 Å². The largest absolute Gasteiger partial charge is 0.106 e. The topological polar surface area (TPSA) is 0 Å². The lowest BCUT2D eigenvalue weighted by atomic mass is 9.98. The molecule has 0 N–H and O–H groups in total. The van der Waals surface area contributed by atoms with Crippen LogP contribution in [0, 0.1) is 6.92 Å². The maximum Gasteiger partial charge on any atom is -0.0279 e. The van der Waals surface area contributed by atoms with Crippen molar-refractivity contribution in [3.63, 3.8) is 0 Å². The summed E-state index contributed by atoms with van der Waals surface area (Å²) < 4.78 is 0. The Morgan fingerprint density at radius 2 is 1.47 bits per heavy atom. The van der Waals surface area contributed by atoms with E-state index in [-0.39, 0.29) is 0 Å². The first-order chi connectivity index (χ1) is 7.27. The Labute approximate surface area is 95.0 Å². The van der Waals surface area contributed by atoms with Gasteiger partial charge in [0.1, 0.15) is 0 Å². The maximum absolute atomic E-state index is 3.00. The zero-order valence-corrected chi connectivity index (χ0v) is 10.5. The molecule has 0 amide bonds. The summed E-state index contributed by atoms with van der Waals surface area (Å²) in [6.07, 6.45) is 4.96. The molecule has 0 heteroatoms. The van der Waals surface area contributed by atoms with Gasteiger partial charge < -0.3 is 0 Å². The Bertz CT molecular complexity index is 273. The van der Waals surface area contributed by atoms with E-state index in [9.17, 15) is 0 Å². The molecule has 0 nitrogen and oxygen atoms in total. The molecule has 0 spiro atoms. The summed E-state index contributed by atoms with van der Waals surface area (Å²) in [4.78, 5) is 0. The molecule has 0 aliphatic rings. The molecule has 0 atom stereocenters. The molecule has 1 aromatic carbocycles. The van der Waals surface area contributed by atoms with E-state index in [0.29, 0.717) is 0 Å². The van der Waals surface area contributed by atoms with E-state index >= 15 is 0 Å². The van der Waals surface area contributed by atoms with Crippen LogP contribution in [-0.2, 0) is 12.8 Å². The van der Waals surface area contributed by atoms with Gasteiger partial charge in [-0.3, -0.25) is 0 Å². The molecule has 0 radical (unpaired) electrons. The lowest BCUT2D eigenvalue weighted by Crippen LogP contribution is -1.94. The standard InChI is InChI=1S/C13H20.C2H4/c1-4-6-12-9-8-11(3)10-13(12)7-5-2;1-2/h8-10H,4-7H2,1-3H3;1-2H2. The van der Waals surface area contributed by atoms with Crippen molar-refractivity contribution >= 4 is 0 Å². The number of aryl methyl sites for hydroxylation is 3. The second kappa shape index (κ2) is 8.28. The van der Waals surface area contributed by atoms with Crippen molar-refractivity contribution in [1.29, 1.82) is 0 Å². The number of hydrogen-bond acceptors (Lipinski definition) is 0. The average molecular weight is 204 g/mol. The van der Waals surface area contributed by atoms with Crippen LogP contribution in [0.5, 0.6) is 0 Å². The Morgan fingerprint density at radius 1 is 0.933 bits per heavy atom. The predicted octanol–water partition coefficient (Wildman–Crippen LogP) is 4.70. The summed E-state index contributed by atoms with van der Waals surface area (Å²) in [6, 6.07) is 6.86. The number of rotatable bonds is 4. The SMILES string of the molecule is C=C.CCCc1ccc(C)cc1CCC. The first-order valence-electron chi connectivity index (χ1n) is 5.86. The van der Waals surface area contributed by atoms with E-state index < -0.39 is 0 Å². The molecule has 15 heavy (non-hydrogen) atoms. The zero-order chi connectivity index (χ0) is 11.7. The molecular formula is C15H24. The molecule has 84 valence electrons. The highest BCUT2D eigenvalue weighted by molar-refractivity contribution is 5.31. The molecule has 0 aliphatic carbocycles. The van der Waals surface area contributed by atoms with E-state index in [1.54, 1.807) is 11.1 Å². The van der Waals surface area contributed by atoms with Gasteiger partial charge in [0.15, 0.2) is 0 Å². The lowest BCUT2D eigenvalue weighted by molar-refractivity contribution is 0.859. The highest BCUT2D eigenvalue weighted by Crippen LogP contribution is 2.15. The van der Waals surface area contributed by atoms with Crippen molar-refractivity contribution < 1.29 is 0 Å². The molecule has 0 unspecified atom stereocenters. The molecule has 0 saturated heterocycles. The first-order valence-corrected chi connectivity index (χ1v) is 5.86. The van der Waals surface area contributed by atoms with Crippen molar-refractivity contribution in [2.24, 2.45) is 0 Å². The molecule has 0 saturated carbocycles. The van der Waals surface area contributed by atoms with Crippen LogP contribution in [0.1, 0.15) is 43.4 Å². The quantitative estimate of drug-likeness (QED) is 0.623. The molecule has 0 aromatic heterocycles. The smallest absolute Gasteiger partial charge is 0.0279 e. The van der Waals surface area contributed by atoms with Crippen molar-refractivity contribution in [1.82, 2.24) is 0 Å². The third-order valence-corrected chi connectivity index (χ3v) is 2.40. The highest BCUT2D eigenvalue weighted by Gasteiger charge is 2.00. The number of benzene rings is 1. The molecule has 0 bridgehead atoms. The van der Waals surface area contributed by atoms with Gasteiger partial charge in [0, 0.05) is 0 Å². The second-order valence-electron chi connectivity index (χ2n) is 3.77. The fraction of sp³-hybridized carbons (Fsp3) is 0.467. The van der Waals surface area contributed by atoms with E-state index in [0.717, 1.165) is 0 Å². The van der Waals surface area contributed by atoms with Gasteiger partial charge in [0.25, 0.3) is 0 Å². The lowest BCUT2D eigenvalue weighted by Gasteiger charge is -2.08. The fourth-order valence-corrected chi connectivity index (χ4v) is 1.77. The predicted molar refractivity (Wildman–Crippen MR) is 70.4 cm³/mol. The van der Waals surface area contributed by atoms with Crippen LogP contribution < -0.4 is 0 Å². The van der Waals surface area contributed by atoms with Crippen LogP contribution in [0.4, 0.5) is 0 Å². The van der Waals surface area contributed by atoms with Crippen molar-refractivity contribution in [2.45, 2.75) is 46.5 Å². The normalized spacial score (nSPS) is 9.27. The van der Waals surface area contributed by atoms with Gasteiger partial charge in [-0.25, -0.2) is 0 Å². The van der Waals surface area contributed by atoms with Gasteiger partial charge in [0.2, 0.25) is 0 Å². The van der Waals surface area contributed by atoms with Gasteiger partial charge in [-0.1, -0.05) is 50.5 Å². The Hall–Kier alpha value is -1.04. The molecule has 0 heterocycles. The number of hydrogen-bond donors (Lipinski definition) is 0. The van der Waals surface area contributed by atoms with E-state index in [4.69, 9.17) is 0 Å². The fourth-order valence-electron chi connectivity index (χ4n) is 1.77. The minimum absolute atomic E-state index is 1.23. The van der Waals surface area contributed by atoms with Crippen LogP contribution in [-0.4, -0.2) is 0 Å². The summed E-state index contributed by atoms with van der Waals surface area (Å²) in [5, 5.41) is 0. The van der Waals surface area contributed by atoms with Crippen molar-refractivity contribution in [3.8, 4) is 0 Å². The summed E-state index contributed by atoms with van der Waals surface area (Å²) in [7, 11) is 0. The van der Waals surface area contributed by atoms with Crippen LogP contribution in [0.15, 0.2) is 31.4 Å². The Kier molecular flexibility index (Phi) is 7.71. The van der Waals surface area contributed by atoms with Gasteiger partial charge in [-0.05, 0) is 30.9 Å². The summed E-state index contributed by atoms with van der Waals surface area (Å²) in [5.41, 5.74) is 4.50. The van der Waals surface area contributed by atoms with E-state index in [1.807, 2.05) is 0 Å². The zero-order valence-electron chi connectivity index (χ0n) is 10.5. The van der Waals surface area contributed by atoms with E-state index in [1.165, 1.54) is 31.2 Å². The van der Waals surface area contributed by atoms with Crippen molar-refractivity contribution in [3.05, 3.63) is 48.0 Å². The molecule has 0 aliphatic heterocycles.